The number of hydrogen-bond acceptors (Lipinski definition) is 4. The minimum atomic E-state index is -0.0582. The van der Waals surface area contributed by atoms with Gasteiger partial charge in [-0.05, 0) is 24.3 Å². The molecular formula is C21H28N2O2. The number of rotatable bonds is 5. The van der Waals surface area contributed by atoms with Crippen LogP contribution in [0.3, 0.4) is 0 Å². The molecule has 2 unspecified atom stereocenters. The van der Waals surface area contributed by atoms with Gasteiger partial charge in [-0.1, -0.05) is 50.5 Å². The molecule has 4 rings (SSSR count). The second-order valence-electron chi connectivity index (χ2n) is 7.48. The number of esters is 1. The van der Waals surface area contributed by atoms with Crippen molar-refractivity contribution in [2.75, 3.05) is 6.67 Å². The molecule has 0 saturated heterocycles. The summed E-state index contributed by atoms with van der Waals surface area (Å²) in [6.07, 6.45) is 9.74. The topological polar surface area (TPSA) is 41.6 Å². The number of carbonyl (C=O) groups is 1. The molecule has 4 heteroatoms. The van der Waals surface area contributed by atoms with Gasteiger partial charge in [0.2, 0.25) is 0 Å². The summed E-state index contributed by atoms with van der Waals surface area (Å²) in [7, 11) is 0. The quantitative estimate of drug-likeness (QED) is 0.816. The third kappa shape index (κ3) is 3.14. The van der Waals surface area contributed by atoms with Crippen LogP contribution in [-0.4, -0.2) is 23.6 Å². The van der Waals surface area contributed by atoms with Crippen molar-refractivity contribution in [3.05, 3.63) is 41.6 Å². The number of nitrogens with one attached hydrogen (secondary N) is 1. The molecule has 2 atom stereocenters. The van der Waals surface area contributed by atoms with Gasteiger partial charge in [0.25, 0.3) is 0 Å². The molecule has 1 N–H and O–H groups in total. The molecule has 0 amide bonds. The molecule has 134 valence electrons. The lowest BCUT2D eigenvalue weighted by Crippen LogP contribution is -2.34. The molecule has 1 fully saturated rings. The number of benzene rings is 1. The van der Waals surface area contributed by atoms with Gasteiger partial charge in [-0.25, -0.2) is 0 Å². The van der Waals surface area contributed by atoms with E-state index in [0.29, 0.717) is 18.4 Å². The molecule has 2 heterocycles. The summed E-state index contributed by atoms with van der Waals surface area (Å²) in [5.41, 5.74) is 3.98. The molecule has 4 nitrogen and oxygen atoms in total. The fourth-order valence-electron chi connectivity index (χ4n) is 4.68. The maximum absolute atomic E-state index is 12.1. The average Bonchev–Trinajstić information content (AvgIpc) is 3.24. The highest BCUT2D eigenvalue weighted by Crippen LogP contribution is 2.46. The molecule has 1 aromatic carbocycles. The molecule has 1 aliphatic carbocycles. The molecule has 0 bridgehead atoms. The van der Waals surface area contributed by atoms with Gasteiger partial charge >= 0.3 is 5.97 Å². The first-order chi connectivity index (χ1) is 12.3. The highest BCUT2D eigenvalue weighted by Gasteiger charge is 2.39. The lowest BCUT2D eigenvalue weighted by Gasteiger charge is -2.34. The largest absolute Gasteiger partial charge is 0.462 e. The smallest absolute Gasteiger partial charge is 0.305 e. The molecule has 1 aromatic rings. The number of nitrogens with zero attached hydrogens (tertiary/aromatic N) is 1. The van der Waals surface area contributed by atoms with E-state index in [-0.39, 0.29) is 12.1 Å². The Hall–Kier alpha value is -1.97. The Morgan fingerprint density at radius 1 is 1.28 bits per heavy atom. The van der Waals surface area contributed by atoms with Crippen LogP contribution in [0.5, 0.6) is 0 Å². The fourth-order valence-corrected chi connectivity index (χ4v) is 4.68. The van der Waals surface area contributed by atoms with Crippen molar-refractivity contribution < 1.29 is 9.53 Å². The standard InChI is InChI=1S/C21H28N2O2/c1-2-21(24)25-20(15-8-4-3-5-9-15)12-18-16-10-6-7-11-17(16)19-13-22-14-23(18)19/h6-7,10-11,13,15,18,20,22H,2-5,8-9,12,14H2,1H3. The molecule has 0 radical (unpaired) electrons. The number of carbonyl (C=O) groups excluding carboxylic acids is 1. The van der Waals surface area contributed by atoms with E-state index in [9.17, 15) is 4.79 Å². The lowest BCUT2D eigenvalue weighted by molar-refractivity contribution is -0.153. The highest BCUT2D eigenvalue weighted by atomic mass is 16.5. The maximum atomic E-state index is 12.1. The zero-order valence-electron chi connectivity index (χ0n) is 15.0. The summed E-state index contributed by atoms with van der Waals surface area (Å²) < 4.78 is 5.96. The Morgan fingerprint density at radius 2 is 2.08 bits per heavy atom. The van der Waals surface area contributed by atoms with Crippen LogP contribution in [0.25, 0.3) is 5.70 Å². The van der Waals surface area contributed by atoms with Gasteiger partial charge in [-0.15, -0.1) is 0 Å². The van der Waals surface area contributed by atoms with E-state index >= 15 is 0 Å². The van der Waals surface area contributed by atoms with Crippen molar-refractivity contribution in [3.8, 4) is 0 Å². The van der Waals surface area contributed by atoms with E-state index in [0.717, 1.165) is 13.1 Å². The van der Waals surface area contributed by atoms with E-state index < -0.39 is 0 Å². The first-order valence-electron chi connectivity index (χ1n) is 9.77. The van der Waals surface area contributed by atoms with Gasteiger partial charge < -0.3 is 15.0 Å². The molecule has 3 aliphatic rings. The summed E-state index contributed by atoms with van der Waals surface area (Å²) in [5, 5.41) is 3.36. The minimum absolute atomic E-state index is 0.0331. The molecule has 2 aliphatic heterocycles. The first kappa shape index (κ1) is 16.5. The van der Waals surface area contributed by atoms with Gasteiger partial charge in [0.15, 0.2) is 0 Å². The monoisotopic (exact) mass is 340 g/mol. The van der Waals surface area contributed by atoms with Gasteiger partial charge in [0, 0.05) is 24.6 Å². The van der Waals surface area contributed by atoms with Gasteiger partial charge in [0.1, 0.15) is 6.10 Å². The molecule has 1 saturated carbocycles. The van der Waals surface area contributed by atoms with E-state index in [1.807, 2.05) is 6.92 Å². The van der Waals surface area contributed by atoms with Crippen LogP contribution in [0.15, 0.2) is 30.5 Å². The van der Waals surface area contributed by atoms with Crippen LogP contribution in [0.2, 0.25) is 0 Å². The van der Waals surface area contributed by atoms with E-state index in [1.54, 1.807) is 0 Å². The Kier molecular flexibility index (Phi) is 4.69. The fraction of sp³-hybridized carbons (Fsp3) is 0.571. The zero-order valence-corrected chi connectivity index (χ0v) is 15.0. The second-order valence-corrected chi connectivity index (χ2v) is 7.48. The first-order valence-corrected chi connectivity index (χ1v) is 9.77. The zero-order chi connectivity index (χ0) is 17.2. The van der Waals surface area contributed by atoms with Crippen molar-refractivity contribution in [3.63, 3.8) is 0 Å². The van der Waals surface area contributed by atoms with E-state index in [2.05, 4.69) is 40.7 Å². The average molecular weight is 340 g/mol. The number of ether oxygens (including phenoxy) is 1. The normalized spacial score (nSPS) is 23.5. The second kappa shape index (κ2) is 7.11. The molecule has 0 aromatic heterocycles. The predicted octanol–water partition coefficient (Wildman–Crippen LogP) is 4.19. The summed E-state index contributed by atoms with van der Waals surface area (Å²) in [5.74, 6) is 0.456. The van der Waals surface area contributed by atoms with E-state index in [1.165, 1.54) is 48.9 Å². The van der Waals surface area contributed by atoms with Gasteiger partial charge in [-0.2, -0.15) is 0 Å². The number of fused-ring (bicyclic) bond motifs is 3. The molecule has 25 heavy (non-hydrogen) atoms. The summed E-state index contributed by atoms with van der Waals surface area (Å²) >= 11 is 0. The summed E-state index contributed by atoms with van der Waals surface area (Å²) in [6, 6.07) is 8.96. The van der Waals surface area contributed by atoms with Gasteiger partial charge in [0.05, 0.1) is 18.4 Å². The van der Waals surface area contributed by atoms with Crippen LogP contribution in [0.4, 0.5) is 0 Å². The Morgan fingerprint density at radius 3 is 2.88 bits per heavy atom. The van der Waals surface area contributed by atoms with Crippen LogP contribution in [0, 0.1) is 5.92 Å². The Bertz CT molecular complexity index is 664. The summed E-state index contributed by atoms with van der Waals surface area (Å²) in [4.78, 5) is 14.5. The van der Waals surface area contributed by atoms with Crippen LogP contribution >= 0.6 is 0 Å². The Labute approximate surface area is 150 Å². The highest BCUT2D eigenvalue weighted by molar-refractivity contribution is 5.73. The van der Waals surface area contributed by atoms with Crippen LogP contribution < -0.4 is 5.32 Å². The minimum Gasteiger partial charge on any atom is -0.462 e. The van der Waals surface area contributed by atoms with Crippen LogP contribution in [0.1, 0.15) is 69.0 Å². The third-order valence-electron chi connectivity index (χ3n) is 5.98. The third-order valence-corrected chi connectivity index (χ3v) is 5.98. The van der Waals surface area contributed by atoms with E-state index in [4.69, 9.17) is 4.74 Å². The SMILES string of the molecule is CCC(=O)OC(CC1c2ccccc2C2=CNCN21)C1CCCCC1. The van der Waals surface area contributed by atoms with Crippen LogP contribution in [-0.2, 0) is 9.53 Å². The van der Waals surface area contributed by atoms with Crippen molar-refractivity contribution in [1.82, 2.24) is 10.2 Å². The maximum Gasteiger partial charge on any atom is 0.305 e. The van der Waals surface area contributed by atoms with Crippen molar-refractivity contribution in [1.29, 1.82) is 0 Å². The van der Waals surface area contributed by atoms with Crippen molar-refractivity contribution in [2.45, 2.75) is 64.0 Å². The Balaban J connectivity index is 1.58. The van der Waals surface area contributed by atoms with Crippen molar-refractivity contribution in [2.24, 2.45) is 5.92 Å². The molecular weight excluding hydrogens is 312 g/mol. The summed E-state index contributed by atoms with van der Waals surface area (Å²) in [6.45, 7) is 2.73. The van der Waals surface area contributed by atoms with Crippen molar-refractivity contribution >= 4 is 11.7 Å². The van der Waals surface area contributed by atoms with Gasteiger partial charge in [-0.3, -0.25) is 4.79 Å². The number of hydrogen-bond donors (Lipinski definition) is 1. The lowest BCUT2D eigenvalue weighted by atomic mass is 9.82. The predicted molar refractivity (Wildman–Crippen MR) is 98.4 cm³/mol. The molecule has 0 spiro atoms.